The number of nitrogens with one attached hydrogen (secondary N) is 2. The van der Waals surface area contributed by atoms with Gasteiger partial charge in [0.1, 0.15) is 5.69 Å². The molecule has 134 valence electrons. The van der Waals surface area contributed by atoms with E-state index in [1.165, 1.54) is 18.4 Å². The molecule has 2 N–H and O–H groups in total. The molecular formula is C19H25ClN4O. The Kier molecular flexibility index (Phi) is 5.45. The van der Waals surface area contributed by atoms with E-state index in [0.717, 1.165) is 37.3 Å². The zero-order valence-corrected chi connectivity index (χ0v) is 15.3. The fraction of sp³-hybridized carbons (Fsp3) is 0.474. The number of fused-ring (bicyclic) bond motifs is 1. The molecule has 2 aliphatic heterocycles. The van der Waals surface area contributed by atoms with Gasteiger partial charge in [-0.25, -0.2) is 0 Å². The number of H-pyrrole nitrogens is 1. The number of hydrogen-bond donors (Lipinski definition) is 2. The third-order valence-corrected chi connectivity index (χ3v) is 5.35. The van der Waals surface area contributed by atoms with E-state index in [1.54, 1.807) is 0 Å². The van der Waals surface area contributed by atoms with Crippen LogP contribution < -0.4 is 5.32 Å². The van der Waals surface area contributed by atoms with Crippen LogP contribution in [0, 0.1) is 5.92 Å². The van der Waals surface area contributed by atoms with Gasteiger partial charge in [-0.3, -0.25) is 9.89 Å². The van der Waals surface area contributed by atoms with Crippen molar-refractivity contribution >= 4 is 18.3 Å². The molecule has 0 aliphatic carbocycles. The highest BCUT2D eigenvalue weighted by Crippen LogP contribution is 2.26. The number of rotatable bonds is 3. The molecule has 25 heavy (non-hydrogen) atoms. The number of benzene rings is 1. The molecule has 6 heteroatoms. The Balaban J connectivity index is 0.00000182. The quantitative estimate of drug-likeness (QED) is 0.884. The van der Waals surface area contributed by atoms with Crippen LogP contribution in [0.4, 0.5) is 0 Å². The zero-order valence-electron chi connectivity index (χ0n) is 14.5. The Morgan fingerprint density at radius 1 is 1.28 bits per heavy atom. The molecular weight excluding hydrogens is 336 g/mol. The van der Waals surface area contributed by atoms with Crippen LogP contribution in [0.5, 0.6) is 0 Å². The maximum Gasteiger partial charge on any atom is 0.271 e. The van der Waals surface area contributed by atoms with Crippen molar-refractivity contribution in [2.75, 3.05) is 19.6 Å². The topological polar surface area (TPSA) is 61.0 Å². The van der Waals surface area contributed by atoms with Crippen molar-refractivity contribution in [2.45, 2.75) is 32.2 Å². The molecule has 1 aromatic heterocycles. The number of carbonyl (C=O) groups is 1. The Labute approximate surface area is 154 Å². The molecule has 0 radical (unpaired) electrons. The van der Waals surface area contributed by atoms with Gasteiger partial charge in [0.05, 0.1) is 5.69 Å². The first-order valence-electron chi connectivity index (χ1n) is 8.92. The van der Waals surface area contributed by atoms with Crippen LogP contribution in [0.3, 0.4) is 0 Å². The fourth-order valence-electron chi connectivity index (χ4n) is 3.87. The van der Waals surface area contributed by atoms with Crippen molar-refractivity contribution in [3.63, 3.8) is 0 Å². The molecule has 2 saturated heterocycles. The van der Waals surface area contributed by atoms with Crippen LogP contribution >= 0.6 is 12.4 Å². The van der Waals surface area contributed by atoms with Crippen molar-refractivity contribution in [2.24, 2.45) is 5.92 Å². The summed E-state index contributed by atoms with van der Waals surface area (Å²) in [5.41, 5.74) is 3.76. The molecule has 1 amide bonds. The second kappa shape index (κ2) is 7.58. The lowest BCUT2D eigenvalue weighted by molar-refractivity contribution is 0.0780. The molecule has 0 unspecified atom stereocenters. The first-order chi connectivity index (χ1) is 11.7. The van der Waals surface area contributed by atoms with E-state index in [2.05, 4.69) is 46.7 Å². The largest absolute Gasteiger partial charge is 0.335 e. The van der Waals surface area contributed by atoms with Crippen molar-refractivity contribution in [1.82, 2.24) is 20.4 Å². The molecule has 2 atom stereocenters. The van der Waals surface area contributed by atoms with Gasteiger partial charge in [-0.2, -0.15) is 5.10 Å². The third-order valence-electron chi connectivity index (χ3n) is 5.35. The molecule has 0 spiro atoms. The monoisotopic (exact) mass is 360 g/mol. The minimum atomic E-state index is 0. The molecule has 2 fully saturated rings. The number of hydrogen-bond acceptors (Lipinski definition) is 3. The summed E-state index contributed by atoms with van der Waals surface area (Å²) in [5, 5.41) is 10.8. The van der Waals surface area contributed by atoms with Crippen LogP contribution in [-0.2, 0) is 6.42 Å². The van der Waals surface area contributed by atoms with E-state index in [-0.39, 0.29) is 18.3 Å². The number of aromatic amines is 1. The molecule has 1 aromatic carbocycles. The Hall–Kier alpha value is -1.85. The average Bonchev–Trinajstić information content (AvgIpc) is 3.28. The number of amides is 1. The molecule has 4 rings (SSSR count). The second-order valence-electron chi connectivity index (χ2n) is 6.89. The Morgan fingerprint density at radius 3 is 2.80 bits per heavy atom. The minimum absolute atomic E-state index is 0. The number of carbonyl (C=O) groups excluding carboxylic acids is 1. The zero-order chi connectivity index (χ0) is 16.5. The lowest BCUT2D eigenvalue weighted by Crippen LogP contribution is -2.41. The lowest BCUT2D eigenvalue weighted by Gasteiger charge is -2.24. The van der Waals surface area contributed by atoms with Crippen LogP contribution in [0.25, 0.3) is 11.3 Å². The van der Waals surface area contributed by atoms with Crippen molar-refractivity contribution in [3.05, 3.63) is 41.6 Å². The van der Waals surface area contributed by atoms with Gasteiger partial charge in [0.15, 0.2) is 0 Å². The molecule has 3 heterocycles. The van der Waals surface area contributed by atoms with E-state index < -0.39 is 0 Å². The third kappa shape index (κ3) is 3.58. The average molecular weight is 361 g/mol. The summed E-state index contributed by atoms with van der Waals surface area (Å²) in [6.45, 7) is 4.88. The summed E-state index contributed by atoms with van der Waals surface area (Å²) in [6.07, 6.45) is 3.46. The number of aromatic nitrogens is 2. The molecule has 2 aromatic rings. The van der Waals surface area contributed by atoms with E-state index in [4.69, 9.17) is 0 Å². The van der Waals surface area contributed by atoms with Gasteiger partial charge in [-0.05, 0) is 43.4 Å². The highest BCUT2D eigenvalue weighted by molar-refractivity contribution is 5.93. The first-order valence-corrected chi connectivity index (χ1v) is 8.92. The number of likely N-dealkylation sites (tertiary alicyclic amines) is 1. The summed E-state index contributed by atoms with van der Waals surface area (Å²) in [7, 11) is 0. The smallest absolute Gasteiger partial charge is 0.271 e. The van der Waals surface area contributed by atoms with Gasteiger partial charge in [0.25, 0.3) is 5.91 Å². The van der Waals surface area contributed by atoms with E-state index >= 15 is 0 Å². The van der Waals surface area contributed by atoms with Gasteiger partial charge in [0, 0.05) is 24.7 Å². The van der Waals surface area contributed by atoms with Crippen LogP contribution in [-0.4, -0.2) is 46.7 Å². The van der Waals surface area contributed by atoms with Gasteiger partial charge in [0.2, 0.25) is 0 Å². The SMILES string of the molecule is CCc1ccc(-c2cc(C(=O)N3C[C@@H]4CCCN[C@@H]4C3)[nH]n2)cc1.Cl. The Bertz CT molecular complexity index is 713. The van der Waals surface area contributed by atoms with E-state index in [1.807, 2.05) is 11.0 Å². The maximum absolute atomic E-state index is 12.8. The number of halogens is 1. The van der Waals surface area contributed by atoms with E-state index in [0.29, 0.717) is 17.7 Å². The van der Waals surface area contributed by atoms with Gasteiger partial charge >= 0.3 is 0 Å². The fourth-order valence-corrected chi connectivity index (χ4v) is 3.87. The Morgan fingerprint density at radius 2 is 2.08 bits per heavy atom. The molecule has 0 bridgehead atoms. The van der Waals surface area contributed by atoms with Crippen LogP contribution in [0.2, 0.25) is 0 Å². The van der Waals surface area contributed by atoms with Crippen molar-refractivity contribution in [3.8, 4) is 11.3 Å². The molecule has 0 saturated carbocycles. The standard InChI is InChI=1S/C19H24N4O.ClH/c1-2-13-5-7-14(8-6-13)16-10-17(22-21-16)19(24)23-11-15-4-3-9-20-18(15)12-23;/h5-8,10,15,18,20H,2-4,9,11-12H2,1H3,(H,21,22);1H/t15-,18+;/m0./s1. The normalized spacial score (nSPS) is 22.4. The van der Waals surface area contributed by atoms with Gasteiger partial charge in [-0.15, -0.1) is 12.4 Å². The summed E-state index contributed by atoms with van der Waals surface area (Å²) in [4.78, 5) is 14.7. The highest BCUT2D eigenvalue weighted by atomic mass is 35.5. The lowest BCUT2D eigenvalue weighted by atomic mass is 9.94. The summed E-state index contributed by atoms with van der Waals surface area (Å²) >= 11 is 0. The maximum atomic E-state index is 12.8. The van der Waals surface area contributed by atoms with Gasteiger partial charge < -0.3 is 10.2 Å². The molecule has 5 nitrogen and oxygen atoms in total. The highest BCUT2D eigenvalue weighted by Gasteiger charge is 2.37. The summed E-state index contributed by atoms with van der Waals surface area (Å²) < 4.78 is 0. The van der Waals surface area contributed by atoms with E-state index in [9.17, 15) is 4.79 Å². The number of nitrogens with zero attached hydrogens (tertiary/aromatic N) is 2. The van der Waals surface area contributed by atoms with Gasteiger partial charge in [-0.1, -0.05) is 31.2 Å². The summed E-state index contributed by atoms with van der Waals surface area (Å²) in [6, 6.07) is 10.7. The minimum Gasteiger partial charge on any atom is -0.335 e. The summed E-state index contributed by atoms with van der Waals surface area (Å²) in [5.74, 6) is 0.668. The number of piperidine rings is 1. The number of aryl methyl sites for hydroxylation is 1. The predicted molar refractivity (Wildman–Crippen MR) is 101 cm³/mol. The van der Waals surface area contributed by atoms with Crippen molar-refractivity contribution < 1.29 is 4.79 Å². The van der Waals surface area contributed by atoms with Crippen LogP contribution in [0.15, 0.2) is 30.3 Å². The van der Waals surface area contributed by atoms with Crippen molar-refractivity contribution in [1.29, 1.82) is 0 Å². The second-order valence-corrected chi connectivity index (χ2v) is 6.89. The first kappa shape index (κ1) is 18.0. The van der Waals surface area contributed by atoms with Crippen LogP contribution in [0.1, 0.15) is 35.8 Å². The molecule has 2 aliphatic rings. The predicted octanol–water partition coefficient (Wildman–Crippen LogP) is 2.88.